The number of carbonyl (C=O) groups excluding carboxylic acids is 1. The van der Waals surface area contributed by atoms with Crippen molar-refractivity contribution in [3.63, 3.8) is 0 Å². The van der Waals surface area contributed by atoms with Crippen molar-refractivity contribution in [1.82, 2.24) is 10.3 Å². The Morgan fingerprint density at radius 1 is 1.63 bits per heavy atom. The van der Waals surface area contributed by atoms with E-state index in [9.17, 15) is 4.79 Å². The van der Waals surface area contributed by atoms with Crippen LogP contribution >= 0.6 is 0 Å². The first-order valence-electron chi connectivity index (χ1n) is 6.15. The maximum absolute atomic E-state index is 12.3. The number of hydrogen-bond acceptors (Lipinski definition) is 4. The van der Waals surface area contributed by atoms with Crippen molar-refractivity contribution >= 4 is 11.7 Å². The summed E-state index contributed by atoms with van der Waals surface area (Å²) in [7, 11) is 0. The summed E-state index contributed by atoms with van der Waals surface area (Å²) in [5.41, 5.74) is 5.33. The van der Waals surface area contributed by atoms with Gasteiger partial charge < -0.3 is 16.3 Å². The van der Waals surface area contributed by atoms with E-state index in [1.165, 1.54) is 0 Å². The number of nitrogens with one attached hydrogen (secondary N) is 1. The minimum Gasteiger partial charge on any atom is -0.409 e. The summed E-state index contributed by atoms with van der Waals surface area (Å²) in [6, 6.07) is 5.25. The van der Waals surface area contributed by atoms with E-state index in [0.717, 1.165) is 5.69 Å². The van der Waals surface area contributed by atoms with Gasteiger partial charge in [0.25, 0.3) is 0 Å². The maximum atomic E-state index is 12.3. The third-order valence-electron chi connectivity index (χ3n) is 3.36. The van der Waals surface area contributed by atoms with Crippen molar-refractivity contribution < 1.29 is 10.0 Å². The minimum absolute atomic E-state index is 0.0966. The zero-order valence-electron chi connectivity index (χ0n) is 11.4. The molecular weight excluding hydrogens is 244 g/mol. The van der Waals surface area contributed by atoms with Gasteiger partial charge in [-0.05, 0) is 32.4 Å². The highest BCUT2D eigenvalue weighted by Gasteiger charge is 2.37. The third kappa shape index (κ3) is 3.21. The number of nitrogens with zero attached hydrogens (tertiary/aromatic N) is 2. The van der Waals surface area contributed by atoms with E-state index in [0.29, 0.717) is 6.42 Å². The molecule has 0 bridgehead atoms. The molecule has 0 aliphatic rings. The van der Waals surface area contributed by atoms with Gasteiger partial charge in [0, 0.05) is 6.20 Å². The molecule has 0 aliphatic heterocycles. The maximum Gasteiger partial charge on any atom is 0.234 e. The molecule has 4 N–H and O–H groups in total. The standard InChI is InChI=1S/C13H20N4O2/c1-4-13(3,11(14)17-19)12(18)16-9(2)10-7-5-6-8-15-10/h5-9,19H,4H2,1-3H3,(H2,14,17)(H,16,18). The number of pyridine rings is 1. The molecule has 19 heavy (non-hydrogen) atoms. The van der Waals surface area contributed by atoms with E-state index in [1.54, 1.807) is 13.1 Å². The lowest BCUT2D eigenvalue weighted by Crippen LogP contribution is -2.48. The number of rotatable bonds is 5. The van der Waals surface area contributed by atoms with Crippen molar-refractivity contribution in [2.45, 2.75) is 33.2 Å². The average molecular weight is 264 g/mol. The molecule has 104 valence electrons. The Labute approximate surface area is 112 Å². The van der Waals surface area contributed by atoms with Crippen molar-refractivity contribution in [3.8, 4) is 0 Å². The number of nitrogens with two attached hydrogens (primary N) is 1. The normalized spacial score (nSPS) is 16.5. The second-order valence-corrected chi connectivity index (χ2v) is 4.62. The lowest BCUT2D eigenvalue weighted by atomic mass is 9.85. The Balaban J connectivity index is 2.84. The number of amidine groups is 1. The van der Waals surface area contributed by atoms with E-state index in [1.807, 2.05) is 32.0 Å². The first-order chi connectivity index (χ1) is 8.95. The molecule has 6 nitrogen and oxygen atoms in total. The summed E-state index contributed by atoms with van der Waals surface area (Å²) in [4.78, 5) is 16.4. The Hall–Kier alpha value is -2.11. The van der Waals surface area contributed by atoms with Gasteiger partial charge in [-0.3, -0.25) is 9.78 Å². The molecule has 0 fully saturated rings. The topological polar surface area (TPSA) is 101 Å². The third-order valence-corrected chi connectivity index (χ3v) is 3.36. The van der Waals surface area contributed by atoms with Crippen LogP contribution in [0, 0.1) is 5.41 Å². The van der Waals surface area contributed by atoms with Crippen LogP contribution in [0.25, 0.3) is 0 Å². The van der Waals surface area contributed by atoms with Crippen LogP contribution in [0.4, 0.5) is 0 Å². The molecule has 0 saturated heterocycles. The number of carbonyl (C=O) groups is 1. The Kier molecular flexibility index (Phi) is 4.86. The van der Waals surface area contributed by atoms with E-state index in [2.05, 4.69) is 15.5 Å². The SMILES string of the molecule is CCC(C)(C(=O)NC(C)c1ccccn1)/C(N)=N/O. The summed E-state index contributed by atoms with van der Waals surface area (Å²) in [5, 5.41) is 14.6. The molecule has 1 rings (SSSR count). The average Bonchev–Trinajstić information content (AvgIpc) is 2.46. The summed E-state index contributed by atoms with van der Waals surface area (Å²) in [6.07, 6.45) is 2.10. The second-order valence-electron chi connectivity index (χ2n) is 4.62. The van der Waals surface area contributed by atoms with Gasteiger partial charge in [-0.1, -0.05) is 18.1 Å². The summed E-state index contributed by atoms with van der Waals surface area (Å²) in [5.74, 6) is -0.385. The van der Waals surface area contributed by atoms with Gasteiger partial charge >= 0.3 is 0 Å². The van der Waals surface area contributed by atoms with Crippen LogP contribution in [0.2, 0.25) is 0 Å². The molecule has 2 unspecified atom stereocenters. The van der Waals surface area contributed by atoms with Gasteiger partial charge in [0.15, 0.2) is 5.84 Å². The van der Waals surface area contributed by atoms with Crippen molar-refractivity contribution in [2.24, 2.45) is 16.3 Å². The van der Waals surface area contributed by atoms with Crippen molar-refractivity contribution in [1.29, 1.82) is 0 Å². The monoisotopic (exact) mass is 264 g/mol. The molecule has 1 aromatic rings. The Morgan fingerprint density at radius 2 is 2.32 bits per heavy atom. The fourth-order valence-electron chi connectivity index (χ4n) is 1.63. The predicted octanol–water partition coefficient (Wildman–Crippen LogP) is 1.42. The van der Waals surface area contributed by atoms with Crippen LogP contribution in [-0.2, 0) is 4.79 Å². The first-order valence-corrected chi connectivity index (χ1v) is 6.15. The molecule has 0 aliphatic carbocycles. The van der Waals surface area contributed by atoms with Crippen LogP contribution in [0.15, 0.2) is 29.6 Å². The highest BCUT2D eigenvalue weighted by molar-refractivity contribution is 6.06. The predicted molar refractivity (Wildman–Crippen MR) is 72.6 cm³/mol. The van der Waals surface area contributed by atoms with Crippen molar-refractivity contribution in [2.75, 3.05) is 0 Å². The van der Waals surface area contributed by atoms with Crippen LogP contribution in [-0.4, -0.2) is 21.9 Å². The van der Waals surface area contributed by atoms with Gasteiger partial charge in [-0.25, -0.2) is 0 Å². The van der Waals surface area contributed by atoms with Crippen LogP contribution in [0.5, 0.6) is 0 Å². The highest BCUT2D eigenvalue weighted by Crippen LogP contribution is 2.23. The molecule has 0 radical (unpaired) electrons. The molecule has 2 atom stereocenters. The van der Waals surface area contributed by atoms with Gasteiger partial charge in [0.2, 0.25) is 5.91 Å². The molecule has 1 heterocycles. The Morgan fingerprint density at radius 3 is 2.79 bits per heavy atom. The fourth-order valence-corrected chi connectivity index (χ4v) is 1.63. The van der Waals surface area contributed by atoms with E-state index >= 15 is 0 Å². The molecule has 0 aromatic carbocycles. The van der Waals surface area contributed by atoms with Crippen molar-refractivity contribution in [3.05, 3.63) is 30.1 Å². The number of amides is 1. The van der Waals surface area contributed by atoms with Gasteiger partial charge in [-0.15, -0.1) is 0 Å². The summed E-state index contributed by atoms with van der Waals surface area (Å²) in [6.45, 7) is 5.29. The van der Waals surface area contributed by atoms with Crippen LogP contribution in [0.3, 0.4) is 0 Å². The first kappa shape index (κ1) is 14.9. The minimum atomic E-state index is -1.03. The van der Waals surface area contributed by atoms with Gasteiger partial charge in [0.05, 0.1) is 11.7 Å². The fraction of sp³-hybridized carbons (Fsp3) is 0.462. The van der Waals surface area contributed by atoms with E-state index in [4.69, 9.17) is 10.9 Å². The number of oxime groups is 1. The van der Waals surface area contributed by atoms with Crippen LogP contribution < -0.4 is 11.1 Å². The molecular formula is C13H20N4O2. The highest BCUT2D eigenvalue weighted by atomic mass is 16.4. The molecule has 1 amide bonds. The quantitative estimate of drug-likeness (QED) is 0.324. The zero-order chi connectivity index (χ0) is 14.5. The lowest BCUT2D eigenvalue weighted by Gasteiger charge is -2.27. The smallest absolute Gasteiger partial charge is 0.234 e. The Bertz CT molecular complexity index is 461. The molecule has 0 saturated carbocycles. The largest absolute Gasteiger partial charge is 0.409 e. The summed E-state index contributed by atoms with van der Waals surface area (Å²) < 4.78 is 0. The molecule has 6 heteroatoms. The second kappa shape index (κ2) is 6.17. The van der Waals surface area contributed by atoms with Gasteiger partial charge in [-0.2, -0.15) is 0 Å². The number of aromatic nitrogens is 1. The van der Waals surface area contributed by atoms with E-state index in [-0.39, 0.29) is 17.8 Å². The summed E-state index contributed by atoms with van der Waals surface area (Å²) >= 11 is 0. The molecule has 1 aromatic heterocycles. The lowest BCUT2D eigenvalue weighted by molar-refractivity contribution is -0.127. The van der Waals surface area contributed by atoms with Gasteiger partial charge in [0.1, 0.15) is 5.41 Å². The zero-order valence-corrected chi connectivity index (χ0v) is 11.4. The van der Waals surface area contributed by atoms with Crippen LogP contribution in [0.1, 0.15) is 38.9 Å². The van der Waals surface area contributed by atoms with E-state index < -0.39 is 5.41 Å². The number of hydrogen-bond donors (Lipinski definition) is 3. The molecule has 0 spiro atoms.